The number of likely N-dealkylation sites (N-methyl/N-ethyl adjacent to an activating group) is 2. The van der Waals surface area contributed by atoms with Crippen LogP contribution in [0.3, 0.4) is 0 Å². The van der Waals surface area contributed by atoms with Crippen molar-refractivity contribution in [3.05, 3.63) is 0 Å². The van der Waals surface area contributed by atoms with Crippen molar-refractivity contribution in [3.8, 4) is 0 Å². The molecule has 0 bridgehead atoms. The number of nitrogens with two attached hydrogens (primary N) is 1. The number of likely N-dealkylation sites (tertiary alicyclic amines) is 1. The fourth-order valence-corrected chi connectivity index (χ4v) is 2.03. The number of nitrogens with zero attached hydrogens (tertiary/aromatic N) is 2. The molecule has 0 aromatic rings. The summed E-state index contributed by atoms with van der Waals surface area (Å²) in [6.45, 7) is 3.00. The second-order valence-electron chi connectivity index (χ2n) is 4.36. The number of amides is 1. The molecule has 15 heavy (non-hydrogen) atoms. The van der Waals surface area contributed by atoms with E-state index < -0.39 is 0 Å². The van der Waals surface area contributed by atoms with E-state index in [0.717, 1.165) is 13.1 Å². The smallest absolute Gasteiger partial charge is 0.235 e. The lowest BCUT2D eigenvalue weighted by molar-refractivity contribution is -0.121. The second-order valence-corrected chi connectivity index (χ2v) is 4.36. The quantitative estimate of drug-likeness (QED) is 0.364. The van der Waals surface area contributed by atoms with Gasteiger partial charge in [-0.2, -0.15) is 0 Å². The van der Waals surface area contributed by atoms with Gasteiger partial charge in [0.25, 0.3) is 0 Å². The number of carbonyl (C=O) groups excluding carboxylic acids is 1. The molecular weight excluding hydrogens is 192 g/mol. The molecule has 1 saturated heterocycles. The molecule has 1 amide bonds. The van der Waals surface area contributed by atoms with Crippen LogP contribution in [0.15, 0.2) is 0 Å². The lowest BCUT2D eigenvalue weighted by atomic mass is 10.2. The van der Waals surface area contributed by atoms with Gasteiger partial charge in [0.05, 0.1) is 0 Å². The Morgan fingerprint density at radius 1 is 1.67 bits per heavy atom. The van der Waals surface area contributed by atoms with Gasteiger partial charge in [-0.1, -0.05) is 0 Å². The highest BCUT2D eigenvalue weighted by molar-refractivity contribution is 5.75. The maximum absolute atomic E-state index is 10.9. The first kappa shape index (κ1) is 12.4. The molecule has 1 aliphatic heterocycles. The molecule has 1 atom stereocenters. The molecule has 1 aliphatic rings. The van der Waals surface area contributed by atoms with E-state index in [0.29, 0.717) is 12.5 Å². The van der Waals surface area contributed by atoms with Crippen molar-refractivity contribution in [3.63, 3.8) is 0 Å². The maximum Gasteiger partial charge on any atom is 0.235 e. The summed E-state index contributed by atoms with van der Waals surface area (Å²) >= 11 is 0. The first-order valence-electron chi connectivity index (χ1n) is 5.51. The Hall–Kier alpha value is -0.650. The van der Waals surface area contributed by atoms with E-state index >= 15 is 0 Å². The average molecular weight is 214 g/mol. The van der Waals surface area contributed by atoms with Crippen LogP contribution in [0.4, 0.5) is 0 Å². The van der Waals surface area contributed by atoms with Crippen LogP contribution in [0.5, 0.6) is 0 Å². The second kappa shape index (κ2) is 6.05. The van der Waals surface area contributed by atoms with Gasteiger partial charge in [0.2, 0.25) is 5.91 Å². The van der Waals surface area contributed by atoms with E-state index in [1.165, 1.54) is 19.4 Å². The highest BCUT2D eigenvalue weighted by Crippen LogP contribution is 2.15. The minimum atomic E-state index is -0.0957. The monoisotopic (exact) mass is 214 g/mol. The third kappa shape index (κ3) is 4.15. The van der Waals surface area contributed by atoms with E-state index in [1.54, 1.807) is 0 Å². The molecule has 0 aromatic heterocycles. The number of hydrogen-bond donors (Lipinski definition) is 2. The van der Waals surface area contributed by atoms with Crippen LogP contribution in [0.25, 0.3) is 0 Å². The molecule has 1 rings (SSSR count). The largest absolute Gasteiger partial charge is 0.304 e. The zero-order valence-corrected chi connectivity index (χ0v) is 9.70. The van der Waals surface area contributed by atoms with Crippen molar-refractivity contribution in [2.24, 2.45) is 5.84 Å². The van der Waals surface area contributed by atoms with Gasteiger partial charge in [-0.05, 0) is 33.5 Å². The van der Waals surface area contributed by atoms with E-state index in [4.69, 9.17) is 5.84 Å². The average Bonchev–Trinajstić information content (AvgIpc) is 2.61. The molecule has 0 saturated carbocycles. The normalized spacial score (nSPS) is 22.3. The molecule has 0 aliphatic carbocycles. The van der Waals surface area contributed by atoms with E-state index in [9.17, 15) is 4.79 Å². The predicted molar refractivity (Wildman–Crippen MR) is 60.1 cm³/mol. The summed E-state index contributed by atoms with van der Waals surface area (Å²) in [5, 5.41) is 0. The van der Waals surface area contributed by atoms with Crippen LogP contribution in [0.1, 0.15) is 19.3 Å². The van der Waals surface area contributed by atoms with E-state index in [1.807, 2.05) is 0 Å². The highest BCUT2D eigenvalue weighted by Gasteiger charge is 2.21. The van der Waals surface area contributed by atoms with E-state index in [2.05, 4.69) is 29.3 Å². The molecule has 1 fully saturated rings. The summed E-state index contributed by atoms with van der Waals surface area (Å²) in [6.07, 6.45) is 3.03. The maximum atomic E-state index is 10.9. The Morgan fingerprint density at radius 3 is 2.93 bits per heavy atom. The van der Waals surface area contributed by atoms with Gasteiger partial charge in [-0.15, -0.1) is 0 Å². The topological polar surface area (TPSA) is 61.6 Å². The molecular formula is C10H22N4O. The lowest BCUT2D eigenvalue weighted by Gasteiger charge is -2.25. The summed E-state index contributed by atoms with van der Waals surface area (Å²) in [4.78, 5) is 15.5. The van der Waals surface area contributed by atoms with Crippen LogP contribution in [-0.4, -0.2) is 55.5 Å². The Balaban J connectivity index is 2.17. The van der Waals surface area contributed by atoms with Gasteiger partial charge < -0.3 is 9.80 Å². The molecule has 88 valence electrons. The van der Waals surface area contributed by atoms with Crippen LogP contribution in [0.2, 0.25) is 0 Å². The zero-order valence-electron chi connectivity index (χ0n) is 9.70. The molecule has 0 radical (unpaired) electrons. The first-order chi connectivity index (χ1) is 7.13. The molecule has 5 heteroatoms. The van der Waals surface area contributed by atoms with Crippen LogP contribution >= 0.6 is 0 Å². The Morgan fingerprint density at radius 2 is 2.40 bits per heavy atom. The summed E-state index contributed by atoms with van der Waals surface area (Å²) < 4.78 is 0. The first-order valence-corrected chi connectivity index (χ1v) is 5.51. The zero-order chi connectivity index (χ0) is 11.3. The molecule has 5 nitrogen and oxygen atoms in total. The van der Waals surface area contributed by atoms with Crippen molar-refractivity contribution in [1.82, 2.24) is 15.2 Å². The fraction of sp³-hybridized carbons (Fsp3) is 0.900. The predicted octanol–water partition coefficient (Wildman–Crippen LogP) is -0.608. The molecule has 1 heterocycles. The van der Waals surface area contributed by atoms with Gasteiger partial charge in [-0.3, -0.25) is 10.2 Å². The number of nitrogens with one attached hydrogen (secondary N) is 1. The minimum Gasteiger partial charge on any atom is -0.304 e. The summed E-state index contributed by atoms with van der Waals surface area (Å²) in [5.41, 5.74) is 2.15. The lowest BCUT2D eigenvalue weighted by Crippen LogP contribution is -2.39. The third-order valence-electron chi connectivity index (χ3n) is 3.08. The molecule has 0 aromatic carbocycles. The Kier molecular flexibility index (Phi) is 5.01. The van der Waals surface area contributed by atoms with Crippen molar-refractivity contribution >= 4 is 5.91 Å². The Bertz CT molecular complexity index is 210. The summed E-state index contributed by atoms with van der Waals surface area (Å²) in [6, 6.07) is 0.649. The van der Waals surface area contributed by atoms with Crippen LogP contribution in [-0.2, 0) is 4.79 Å². The number of hydrazine groups is 1. The van der Waals surface area contributed by atoms with Gasteiger partial charge in [0.15, 0.2) is 0 Å². The fourth-order valence-electron chi connectivity index (χ4n) is 2.03. The number of hydrogen-bond acceptors (Lipinski definition) is 4. The highest BCUT2D eigenvalue weighted by atomic mass is 16.2. The van der Waals surface area contributed by atoms with Gasteiger partial charge in [-0.25, -0.2) is 5.84 Å². The van der Waals surface area contributed by atoms with Crippen LogP contribution < -0.4 is 11.3 Å². The molecule has 0 spiro atoms. The van der Waals surface area contributed by atoms with Crippen LogP contribution in [0, 0.1) is 0 Å². The van der Waals surface area contributed by atoms with Crippen molar-refractivity contribution in [2.75, 3.05) is 33.7 Å². The van der Waals surface area contributed by atoms with Crippen molar-refractivity contribution < 1.29 is 4.79 Å². The molecule has 3 N–H and O–H groups in total. The molecule has 1 unspecified atom stereocenters. The van der Waals surface area contributed by atoms with Gasteiger partial charge >= 0.3 is 0 Å². The SMILES string of the molecule is CN(CCC(=O)NN)CC1CCCN1C. The Labute approximate surface area is 91.6 Å². The van der Waals surface area contributed by atoms with Gasteiger partial charge in [0, 0.05) is 25.6 Å². The summed E-state index contributed by atoms with van der Waals surface area (Å²) in [7, 11) is 4.22. The number of carbonyl (C=O) groups is 1. The van der Waals surface area contributed by atoms with E-state index in [-0.39, 0.29) is 5.91 Å². The van der Waals surface area contributed by atoms with Crippen molar-refractivity contribution in [1.29, 1.82) is 0 Å². The number of rotatable bonds is 5. The third-order valence-corrected chi connectivity index (χ3v) is 3.08. The minimum absolute atomic E-state index is 0.0957. The standard InChI is InChI=1S/C10H22N4O/c1-13(7-5-10(15)12-11)8-9-4-3-6-14(9)2/h9H,3-8,11H2,1-2H3,(H,12,15). The van der Waals surface area contributed by atoms with Crippen molar-refractivity contribution in [2.45, 2.75) is 25.3 Å². The summed E-state index contributed by atoms with van der Waals surface area (Å²) in [5.74, 6) is 4.92. The van der Waals surface area contributed by atoms with Gasteiger partial charge in [0.1, 0.15) is 0 Å².